The van der Waals surface area contributed by atoms with Gasteiger partial charge in [-0.2, -0.15) is 0 Å². The summed E-state index contributed by atoms with van der Waals surface area (Å²) in [6.45, 7) is 8.85. The van der Waals surface area contributed by atoms with Crippen molar-refractivity contribution in [3.05, 3.63) is 23.3 Å². The first-order valence-electron chi connectivity index (χ1n) is 7.49. The SMILES string of the molecule is CCOC(=O)/C(C)=C/CC[C@@]1(C)[C@H]2CC=C(C)[C@@H]1C2. The third-order valence-electron chi connectivity index (χ3n) is 5.25. The Morgan fingerprint density at radius 3 is 2.89 bits per heavy atom. The Balaban J connectivity index is 1.88. The van der Waals surface area contributed by atoms with E-state index >= 15 is 0 Å². The van der Waals surface area contributed by atoms with Gasteiger partial charge in [-0.1, -0.05) is 24.6 Å². The molecule has 0 aromatic rings. The molecule has 0 saturated heterocycles. The third kappa shape index (κ3) is 2.63. The molecule has 0 aromatic carbocycles. The lowest BCUT2D eigenvalue weighted by atomic mass is 9.47. The summed E-state index contributed by atoms with van der Waals surface area (Å²) in [7, 11) is 0. The molecule has 3 aliphatic carbocycles. The summed E-state index contributed by atoms with van der Waals surface area (Å²) in [5, 5.41) is 0. The van der Waals surface area contributed by atoms with Crippen LogP contribution in [-0.4, -0.2) is 12.6 Å². The zero-order valence-corrected chi connectivity index (χ0v) is 12.7. The number of ether oxygens (including phenoxy) is 1. The number of carbonyl (C=O) groups excluding carboxylic acids is 1. The summed E-state index contributed by atoms with van der Waals surface area (Å²) in [5.74, 6) is 1.47. The number of esters is 1. The number of hydrogen-bond donors (Lipinski definition) is 0. The number of hydrogen-bond acceptors (Lipinski definition) is 2. The largest absolute Gasteiger partial charge is 0.463 e. The molecule has 0 aliphatic heterocycles. The van der Waals surface area contributed by atoms with E-state index in [2.05, 4.69) is 26.0 Å². The van der Waals surface area contributed by atoms with Crippen LogP contribution in [0.3, 0.4) is 0 Å². The van der Waals surface area contributed by atoms with Crippen LogP contribution >= 0.6 is 0 Å². The van der Waals surface area contributed by atoms with Gasteiger partial charge in [0.15, 0.2) is 0 Å². The van der Waals surface area contributed by atoms with Gasteiger partial charge in [0.1, 0.15) is 0 Å². The quantitative estimate of drug-likeness (QED) is 0.420. The molecule has 0 N–H and O–H groups in total. The van der Waals surface area contributed by atoms with Gasteiger partial charge in [-0.15, -0.1) is 0 Å². The Bertz CT molecular complexity index is 419. The maximum atomic E-state index is 11.5. The van der Waals surface area contributed by atoms with Gasteiger partial charge in [0.25, 0.3) is 0 Å². The van der Waals surface area contributed by atoms with Crippen LogP contribution < -0.4 is 0 Å². The molecular formula is C17H26O2. The molecule has 0 amide bonds. The fraction of sp³-hybridized carbons (Fsp3) is 0.706. The second kappa shape index (κ2) is 5.52. The van der Waals surface area contributed by atoms with Crippen molar-refractivity contribution in [3.63, 3.8) is 0 Å². The molecule has 3 atom stereocenters. The van der Waals surface area contributed by atoms with Gasteiger partial charge < -0.3 is 4.74 Å². The van der Waals surface area contributed by atoms with Crippen LogP contribution in [0.15, 0.2) is 23.3 Å². The predicted octanol–water partition coefficient (Wildman–Crippen LogP) is 4.27. The fourth-order valence-corrected chi connectivity index (χ4v) is 3.80. The molecule has 1 saturated carbocycles. The molecule has 106 valence electrons. The number of allylic oxidation sites excluding steroid dienone is 3. The van der Waals surface area contributed by atoms with Crippen molar-refractivity contribution in [2.45, 2.75) is 53.4 Å². The molecule has 3 rings (SSSR count). The predicted molar refractivity (Wildman–Crippen MR) is 77.7 cm³/mol. The second-order valence-electron chi connectivity index (χ2n) is 6.32. The van der Waals surface area contributed by atoms with Crippen molar-refractivity contribution in [2.24, 2.45) is 17.3 Å². The minimum absolute atomic E-state index is 0.169. The van der Waals surface area contributed by atoms with E-state index in [-0.39, 0.29) is 5.97 Å². The van der Waals surface area contributed by atoms with Crippen LogP contribution in [0.1, 0.15) is 53.4 Å². The average Bonchev–Trinajstić information content (AvgIpc) is 2.38. The standard InChI is InChI=1S/C17H26O2/c1-5-19-16(18)13(3)7-6-10-17(4)14-9-8-12(2)15(17)11-14/h7-8,14-15H,5-6,9-11H2,1-4H3/b13-7+/t14-,15-,17-/m0/s1. The number of carbonyl (C=O) groups is 1. The molecule has 2 bridgehead atoms. The van der Waals surface area contributed by atoms with Crippen molar-refractivity contribution in [1.82, 2.24) is 0 Å². The highest BCUT2D eigenvalue weighted by atomic mass is 16.5. The van der Waals surface area contributed by atoms with Crippen molar-refractivity contribution in [3.8, 4) is 0 Å². The molecule has 19 heavy (non-hydrogen) atoms. The molecule has 0 unspecified atom stereocenters. The van der Waals surface area contributed by atoms with E-state index in [0.717, 1.165) is 23.8 Å². The fourth-order valence-electron chi connectivity index (χ4n) is 3.80. The van der Waals surface area contributed by atoms with Gasteiger partial charge in [0, 0.05) is 5.57 Å². The Morgan fingerprint density at radius 1 is 1.58 bits per heavy atom. The van der Waals surface area contributed by atoms with E-state index < -0.39 is 0 Å². The lowest BCUT2D eigenvalue weighted by Crippen LogP contribution is -2.49. The van der Waals surface area contributed by atoms with Gasteiger partial charge in [0.05, 0.1) is 6.61 Å². The minimum atomic E-state index is -0.169. The van der Waals surface area contributed by atoms with Crippen molar-refractivity contribution < 1.29 is 9.53 Å². The summed E-state index contributed by atoms with van der Waals surface area (Å²) in [6.07, 6.45) is 9.27. The van der Waals surface area contributed by atoms with Crippen LogP contribution in [0.25, 0.3) is 0 Å². The number of fused-ring (bicyclic) bond motifs is 1. The van der Waals surface area contributed by atoms with Gasteiger partial charge in [-0.3, -0.25) is 0 Å². The van der Waals surface area contributed by atoms with Crippen LogP contribution in [0.2, 0.25) is 0 Å². The van der Waals surface area contributed by atoms with Gasteiger partial charge in [0.2, 0.25) is 0 Å². The lowest BCUT2D eigenvalue weighted by Gasteiger charge is -2.58. The van der Waals surface area contributed by atoms with Crippen LogP contribution in [0.4, 0.5) is 0 Å². The summed E-state index contributed by atoms with van der Waals surface area (Å²) < 4.78 is 5.00. The molecular weight excluding hydrogens is 236 g/mol. The van der Waals surface area contributed by atoms with Gasteiger partial charge >= 0.3 is 5.97 Å². The van der Waals surface area contributed by atoms with Crippen LogP contribution in [0, 0.1) is 17.3 Å². The lowest BCUT2D eigenvalue weighted by molar-refractivity contribution is -0.138. The first-order chi connectivity index (χ1) is 8.99. The molecule has 0 heterocycles. The number of rotatable bonds is 5. The highest BCUT2D eigenvalue weighted by Gasteiger charge is 2.52. The van der Waals surface area contributed by atoms with E-state index in [1.807, 2.05) is 13.8 Å². The Kier molecular flexibility index (Phi) is 4.17. The molecule has 2 nitrogen and oxygen atoms in total. The summed E-state index contributed by atoms with van der Waals surface area (Å²) in [5.41, 5.74) is 2.79. The van der Waals surface area contributed by atoms with E-state index in [0.29, 0.717) is 12.0 Å². The maximum absolute atomic E-state index is 11.5. The van der Waals surface area contributed by atoms with E-state index in [9.17, 15) is 4.79 Å². The molecule has 0 aromatic heterocycles. The first-order valence-corrected chi connectivity index (χ1v) is 7.49. The molecule has 0 radical (unpaired) electrons. The normalized spacial score (nSPS) is 33.5. The second-order valence-corrected chi connectivity index (χ2v) is 6.32. The summed E-state index contributed by atoms with van der Waals surface area (Å²) in [6, 6.07) is 0. The van der Waals surface area contributed by atoms with Crippen molar-refractivity contribution >= 4 is 5.97 Å². The first kappa shape index (κ1) is 14.4. The zero-order chi connectivity index (χ0) is 14.0. The molecule has 1 fully saturated rings. The van der Waals surface area contributed by atoms with E-state index in [4.69, 9.17) is 4.74 Å². The monoisotopic (exact) mass is 262 g/mol. The van der Waals surface area contributed by atoms with Crippen molar-refractivity contribution in [1.29, 1.82) is 0 Å². The summed E-state index contributed by atoms with van der Waals surface area (Å²) in [4.78, 5) is 11.5. The zero-order valence-electron chi connectivity index (χ0n) is 12.7. The topological polar surface area (TPSA) is 26.3 Å². The third-order valence-corrected chi connectivity index (χ3v) is 5.25. The molecule has 3 aliphatic rings. The smallest absolute Gasteiger partial charge is 0.333 e. The minimum Gasteiger partial charge on any atom is -0.463 e. The highest BCUT2D eigenvalue weighted by Crippen LogP contribution is 2.61. The highest BCUT2D eigenvalue weighted by molar-refractivity contribution is 5.87. The van der Waals surface area contributed by atoms with Crippen molar-refractivity contribution in [2.75, 3.05) is 6.61 Å². The Morgan fingerprint density at radius 2 is 2.32 bits per heavy atom. The molecule has 2 heteroatoms. The Labute approximate surface area is 116 Å². The van der Waals surface area contributed by atoms with Gasteiger partial charge in [-0.25, -0.2) is 4.79 Å². The van der Waals surface area contributed by atoms with E-state index in [1.165, 1.54) is 19.3 Å². The van der Waals surface area contributed by atoms with Crippen LogP contribution in [0.5, 0.6) is 0 Å². The molecule has 0 spiro atoms. The maximum Gasteiger partial charge on any atom is 0.333 e. The van der Waals surface area contributed by atoms with E-state index in [1.54, 1.807) is 5.57 Å². The Hall–Kier alpha value is -1.05. The van der Waals surface area contributed by atoms with Crippen LogP contribution in [-0.2, 0) is 9.53 Å². The summed E-state index contributed by atoms with van der Waals surface area (Å²) >= 11 is 0. The van der Waals surface area contributed by atoms with Gasteiger partial charge in [-0.05, 0) is 63.7 Å². The average molecular weight is 262 g/mol.